The molecule has 0 saturated carbocycles. The minimum Gasteiger partial charge on any atom is -0.489 e. The molecule has 2 fully saturated rings. The van der Waals surface area contributed by atoms with Crippen molar-refractivity contribution in [1.29, 1.82) is 5.26 Å². The maximum absolute atomic E-state index is 13.0. The quantitative estimate of drug-likeness (QED) is 0.530. The van der Waals surface area contributed by atoms with E-state index < -0.39 is 0 Å². The standard InChI is InChI=1S/C28H29ClN4O3/c29-24-17-21(4-5-26(24)35-23-8-10-31-11-9-23)19-32-12-14-33(15-13-32)28(34)27-7-6-25(36-27)22-3-1-2-20(16-22)18-30/h1-7,16-17,23,31H,8-15,19H2. The smallest absolute Gasteiger partial charge is 0.289 e. The molecule has 7 nitrogen and oxygen atoms in total. The number of rotatable bonds is 6. The molecule has 5 rings (SSSR count). The number of carbonyl (C=O) groups excluding carboxylic acids is 1. The lowest BCUT2D eigenvalue weighted by molar-refractivity contribution is 0.0598. The van der Waals surface area contributed by atoms with Gasteiger partial charge in [-0.25, -0.2) is 0 Å². The maximum Gasteiger partial charge on any atom is 0.289 e. The Bertz CT molecular complexity index is 1250. The van der Waals surface area contributed by atoms with E-state index in [-0.39, 0.29) is 12.0 Å². The Morgan fingerprint density at radius 2 is 1.89 bits per heavy atom. The van der Waals surface area contributed by atoms with Gasteiger partial charge in [-0.15, -0.1) is 0 Å². The molecule has 2 aromatic carbocycles. The van der Waals surface area contributed by atoms with E-state index in [0.29, 0.717) is 35.2 Å². The lowest BCUT2D eigenvalue weighted by Crippen LogP contribution is -2.48. The van der Waals surface area contributed by atoms with E-state index in [2.05, 4.69) is 22.4 Å². The Labute approximate surface area is 216 Å². The van der Waals surface area contributed by atoms with Crippen molar-refractivity contribution in [3.05, 3.63) is 76.5 Å². The SMILES string of the molecule is N#Cc1cccc(-c2ccc(C(=O)N3CCN(Cc4ccc(OC5CCNCC5)c(Cl)c4)CC3)o2)c1. The van der Waals surface area contributed by atoms with Gasteiger partial charge in [0.25, 0.3) is 5.91 Å². The molecule has 2 aliphatic rings. The molecule has 1 N–H and O–H groups in total. The fourth-order valence-electron chi connectivity index (χ4n) is 4.70. The predicted molar refractivity (Wildman–Crippen MR) is 138 cm³/mol. The molecule has 2 saturated heterocycles. The van der Waals surface area contributed by atoms with Gasteiger partial charge in [-0.1, -0.05) is 29.8 Å². The van der Waals surface area contributed by atoms with Crippen molar-refractivity contribution in [2.75, 3.05) is 39.3 Å². The first-order valence-electron chi connectivity index (χ1n) is 12.4. The van der Waals surface area contributed by atoms with Crippen LogP contribution in [0.2, 0.25) is 5.02 Å². The van der Waals surface area contributed by atoms with E-state index in [1.54, 1.807) is 30.3 Å². The van der Waals surface area contributed by atoms with E-state index in [1.807, 2.05) is 23.1 Å². The van der Waals surface area contributed by atoms with E-state index in [1.165, 1.54) is 0 Å². The van der Waals surface area contributed by atoms with Crippen molar-refractivity contribution in [1.82, 2.24) is 15.1 Å². The highest BCUT2D eigenvalue weighted by Crippen LogP contribution is 2.29. The number of nitrogens with zero attached hydrogens (tertiary/aromatic N) is 3. The van der Waals surface area contributed by atoms with Crippen molar-refractivity contribution < 1.29 is 13.9 Å². The van der Waals surface area contributed by atoms with Crippen LogP contribution in [0.25, 0.3) is 11.3 Å². The lowest BCUT2D eigenvalue weighted by atomic mass is 10.1. The topological polar surface area (TPSA) is 81.7 Å². The van der Waals surface area contributed by atoms with Crippen LogP contribution >= 0.6 is 11.6 Å². The van der Waals surface area contributed by atoms with Crippen LogP contribution in [0.15, 0.2) is 59.0 Å². The molecular weight excluding hydrogens is 476 g/mol. The van der Waals surface area contributed by atoms with Gasteiger partial charge in [0.1, 0.15) is 17.6 Å². The van der Waals surface area contributed by atoms with Crippen molar-refractivity contribution in [2.45, 2.75) is 25.5 Å². The number of hydrogen-bond acceptors (Lipinski definition) is 6. The molecule has 0 bridgehead atoms. The second kappa shape index (κ2) is 11.2. The third kappa shape index (κ3) is 5.73. The van der Waals surface area contributed by atoms with Gasteiger partial charge in [0.15, 0.2) is 5.76 Å². The van der Waals surface area contributed by atoms with E-state index in [0.717, 1.165) is 62.4 Å². The van der Waals surface area contributed by atoms with Crippen LogP contribution in [0.5, 0.6) is 5.75 Å². The molecule has 1 aromatic heterocycles. The summed E-state index contributed by atoms with van der Waals surface area (Å²) in [6.07, 6.45) is 2.21. The number of hydrogen-bond donors (Lipinski definition) is 1. The van der Waals surface area contributed by atoms with Gasteiger partial charge in [-0.05, 0) is 67.9 Å². The zero-order chi connectivity index (χ0) is 24.9. The fourth-order valence-corrected chi connectivity index (χ4v) is 4.95. The molecule has 0 spiro atoms. The third-order valence-electron chi connectivity index (χ3n) is 6.73. The Kier molecular flexibility index (Phi) is 7.57. The maximum atomic E-state index is 13.0. The van der Waals surface area contributed by atoms with Crippen LogP contribution in [0.4, 0.5) is 0 Å². The normalized spacial score (nSPS) is 17.1. The number of carbonyl (C=O) groups is 1. The van der Waals surface area contributed by atoms with Crippen molar-refractivity contribution >= 4 is 17.5 Å². The van der Waals surface area contributed by atoms with Gasteiger partial charge in [-0.3, -0.25) is 9.69 Å². The highest BCUT2D eigenvalue weighted by Gasteiger charge is 2.25. The van der Waals surface area contributed by atoms with E-state index in [4.69, 9.17) is 26.0 Å². The molecule has 3 aromatic rings. The van der Waals surface area contributed by atoms with Crippen LogP contribution in [0.1, 0.15) is 34.5 Å². The molecule has 0 radical (unpaired) electrons. The molecule has 0 aliphatic carbocycles. The Morgan fingerprint density at radius 3 is 2.64 bits per heavy atom. The van der Waals surface area contributed by atoms with Gasteiger partial charge in [0.05, 0.1) is 16.7 Å². The first-order chi connectivity index (χ1) is 17.6. The summed E-state index contributed by atoms with van der Waals surface area (Å²) in [5, 5.41) is 13.1. The van der Waals surface area contributed by atoms with Crippen molar-refractivity contribution in [3.63, 3.8) is 0 Å². The van der Waals surface area contributed by atoms with Gasteiger partial charge >= 0.3 is 0 Å². The van der Waals surface area contributed by atoms with Crippen LogP contribution < -0.4 is 10.1 Å². The highest BCUT2D eigenvalue weighted by atomic mass is 35.5. The van der Waals surface area contributed by atoms with Gasteiger partial charge in [0, 0.05) is 38.3 Å². The number of nitriles is 1. The molecule has 0 unspecified atom stereocenters. The molecule has 8 heteroatoms. The third-order valence-corrected chi connectivity index (χ3v) is 7.03. The van der Waals surface area contributed by atoms with E-state index >= 15 is 0 Å². The lowest BCUT2D eigenvalue weighted by Gasteiger charge is -2.34. The Morgan fingerprint density at radius 1 is 1.08 bits per heavy atom. The molecule has 3 heterocycles. The van der Waals surface area contributed by atoms with Gasteiger partial charge in [0.2, 0.25) is 0 Å². The second-order valence-corrected chi connectivity index (χ2v) is 9.66. The summed E-state index contributed by atoms with van der Waals surface area (Å²) < 4.78 is 11.9. The Hall–Kier alpha value is -3.31. The summed E-state index contributed by atoms with van der Waals surface area (Å²) in [6, 6.07) is 18.8. The summed E-state index contributed by atoms with van der Waals surface area (Å²) in [6.45, 7) is 5.53. The average molecular weight is 505 g/mol. The summed E-state index contributed by atoms with van der Waals surface area (Å²) in [5.41, 5.74) is 2.47. The number of halogens is 1. The molecule has 1 amide bonds. The molecule has 2 aliphatic heterocycles. The fraction of sp³-hybridized carbons (Fsp3) is 0.357. The van der Waals surface area contributed by atoms with Crippen molar-refractivity contribution in [3.8, 4) is 23.1 Å². The predicted octanol–water partition coefficient (Wildman–Crippen LogP) is 4.56. The molecule has 36 heavy (non-hydrogen) atoms. The van der Waals surface area contributed by atoms with Crippen LogP contribution in [0.3, 0.4) is 0 Å². The monoisotopic (exact) mass is 504 g/mol. The number of ether oxygens (including phenoxy) is 1. The van der Waals surface area contributed by atoms with Crippen LogP contribution in [-0.2, 0) is 6.54 Å². The first-order valence-corrected chi connectivity index (χ1v) is 12.7. The zero-order valence-corrected chi connectivity index (χ0v) is 20.8. The number of piperidine rings is 1. The summed E-state index contributed by atoms with van der Waals surface area (Å²) in [7, 11) is 0. The number of furan rings is 1. The summed E-state index contributed by atoms with van der Waals surface area (Å²) in [5.74, 6) is 1.54. The number of nitrogens with one attached hydrogen (secondary N) is 1. The minimum atomic E-state index is -0.111. The summed E-state index contributed by atoms with van der Waals surface area (Å²) >= 11 is 6.52. The first kappa shape index (κ1) is 24.4. The second-order valence-electron chi connectivity index (χ2n) is 9.26. The zero-order valence-electron chi connectivity index (χ0n) is 20.1. The highest BCUT2D eigenvalue weighted by molar-refractivity contribution is 6.32. The van der Waals surface area contributed by atoms with Gasteiger partial charge in [-0.2, -0.15) is 5.26 Å². The number of benzene rings is 2. The molecular formula is C28H29ClN4O3. The number of piperazine rings is 1. The van der Waals surface area contributed by atoms with Crippen LogP contribution in [0, 0.1) is 11.3 Å². The molecule has 186 valence electrons. The summed E-state index contributed by atoms with van der Waals surface area (Å²) in [4.78, 5) is 17.2. The minimum absolute atomic E-state index is 0.111. The molecule has 0 atom stereocenters. The van der Waals surface area contributed by atoms with Crippen LogP contribution in [-0.4, -0.2) is 61.1 Å². The van der Waals surface area contributed by atoms with Crippen molar-refractivity contribution in [2.24, 2.45) is 0 Å². The van der Waals surface area contributed by atoms with E-state index in [9.17, 15) is 4.79 Å². The average Bonchev–Trinajstić information content (AvgIpc) is 3.41. The van der Waals surface area contributed by atoms with Gasteiger partial charge < -0.3 is 19.4 Å². The largest absolute Gasteiger partial charge is 0.489 e. The number of amides is 1. The Balaban J connectivity index is 1.14.